The number of aliphatic imine (C=N–C) groups is 1. The standard InChI is InChI=1S/C23H15N3O3/c1-14-17(15-6-2-3-7-18(15)26-14)13-25-23-16(12-24)21(19-8-4-10-27-19)22(29-23)20-9-5-11-28-20/h2-11,13,26H,1H3/b25-13+. The van der Waals surface area contributed by atoms with Crippen LogP contribution in [0.25, 0.3) is 33.7 Å². The van der Waals surface area contributed by atoms with Gasteiger partial charge in [0.05, 0.1) is 18.1 Å². The Kier molecular flexibility index (Phi) is 3.92. The summed E-state index contributed by atoms with van der Waals surface area (Å²) >= 11 is 0. The van der Waals surface area contributed by atoms with Gasteiger partial charge in [0, 0.05) is 28.4 Å². The predicted molar refractivity (Wildman–Crippen MR) is 109 cm³/mol. The lowest BCUT2D eigenvalue weighted by molar-refractivity contribution is 0.527. The number of furan rings is 3. The zero-order valence-corrected chi connectivity index (χ0v) is 15.5. The molecule has 0 radical (unpaired) electrons. The van der Waals surface area contributed by atoms with E-state index in [1.54, 1.807) is 43.0 Å². The smallest absolute Gasteiger partial charge is 0.238 e. The lowest BCUT2D eigenvalue weighted by Crippen LogP contribution is -1.83. The number of rotatable bonds is 4. The van der Waals surface area contributed by atoms with Gasteiger partial charge in [-0.3, -0.25) is 0 Å². The van der Waals surface area contributed by atoms with Gasteiger partial charge in [0.25, 0.3) is 0 Å². The summed E-state index contributed by atoms with van der Waals surface area (Å²) in [5.41, 5.74) is 3.77. The van der Waals surface area contributed by atoms with E-state index in [0.29, 0.717) is 28.4 Å². The number of hydrogen-bond acceptors (Lipinski definition) is 5. The predicted octanol–water partition coefficient (Wildman–Crippen LogP) is 6.21. The maximum absolute atomic E-state index is 9.83. The zero-order valence-electron chi connectivity index (χ0n) is 15.5. The van der Waals surface area contributed by atoms with E-state index in [1.807, 2.05) is 31.2 Å². The topological polar surface area (TPSA) is 91.4 Å². The molecule has 29 heavy (non-hydrogen) atoms. The third-order valence-electron chi connectivity index (χ3n) is 4.77. The number of benzene rings is 1. The van der Waals surface area contributed by atoms with Crippen LogP contribution in [0.15, 0.2) is 79.3 Å². The summed E-state index contributed by atoms with van der Waals surface area (Å²) in [5, 5.41) is 10.9. The number of nitrogens with one attached hydrogen (secondary N) is 1. The third-order valence-corrected chi connectivity index (χ3v) is 4.77. The Hall–Kier alpha value is -4.24. The molecule has 0 saturated carbocycles. The third kappa shape index (κ3) is 2.77. The molecule has 1 aromatic carbocycles. The van der Waals surface area contributed by atoms with Gasteiger partial charge in [0.1, 0.15) is 17.4 Å². The molecule has 0 fully saturated rings. The Labute approximate surface area is 165 Å². The van der Waals surface area contributed by atoms with E-state index >= 15 is 0 Å². The number of aryl methyl sites for hydroxylation is 1. The lowest BCUT2D eigenvalue weighted by Gasteiger charge is -1.96. The number of nitrogens with zero attached hydrogens (tertiary/aromatic N) is 2. The van der Waals surface area contributed by atoms with Crippen molar-refractivity contribution in [3.8, 4) is 28.9 Å². The monoisotopic (exact) mass is 381 g/mol. The summed E-state index contributed by atoms with van der Waals surface area (Å²) in [4.78, 5) is 7.85. The van der Waals surface area contributed by atoms with Gasteiger partial charge in [-0.05, 0) is 37.3 Å². The average Bonchev–Trinajstić information content (AvgIpc) is 3.50. The van der Waals surface area contributed by atoms with E-state index in [-0.39, 0.29) is 5.88 Å². The highest BCUT2D eigenvalue weighted by molar-refractivity contribution is 6.01. The fraction of sp³-hybridized carbons (Fsp3) is 0.0435. The van der Waals surface area contributed by atoms with E-state index in [4.69, 9.17) is 13.3 Å². The van der Waals surface area contributed by atoms with Crippen LogP contribution in [0.3, 0.4) is 0 Å². The van der Waals surface area contributed by atoms with E-state index in [9.17, 15) is 5.26 Å². The number of nitriles is 1. The van der Waals surface area contributed by atoms with Crippen molar-refractivity contribution in [2.75, 3.05) is 0 Å². The Morgan fingerprint density at radius 1 is 1.00 bits per heavy atom. The molecular formula is C23H15N3O3. The zero-order chi connectivity index (χ0) is 19.8. The second-order valence-electron chi connectivity index (χ2n) is 6.52. The van der Waals surface area contributed by atoms with Crippen molar-refractivity contribution in [3.63, 3.8) is 0 Å². The largest absolute Gasteiger partial charge is 0.464 e. The number of aromatic nitrogens is 1. The van der Waals surface area contributed by atoms with Gasteiger partial charge in [0.2, 0.25) is 5.88 Å². The molecule has 0 amide bonds. The highest BCUT2D eigenvalue weighted by Crippen LogP contribution is 2.42. The Morgan fingerprint density at radius 3 is 2.48 bits per heavy atom. The first kappa shape index (κ1) is 16.9. The van der Waals surface area contributed by atoms with Crippen molar-refractivity contribution in [2.45, 2.75) is 6.92 Å². The number of H-pyrrole nitrogens is 1. The van der Waals surface area contributed by atoms with Gasteiger partial charge in [-0.25, -0.2) is 4.99 Å². The van der Waals surface area contributed by atoms with Gasteiger partial charge < -0.3 is 18.2 Å². The summed E-state index contributed by atoms with van der Waals surface area (Å²) in [6.07, 6.45) is 4.81. The van der Waals surface area contributed by atoms with Crippen LogP contribution in [0, 0.1) is 18.3 Å². The summed E-state index contributed by atoms with van der Waals surface area (Å²) in [6.45, 7) is 1.98. The minimum absolute atomic E-state index is 0.204. The first-order valence-corrected chi connectivity index (χ1v) is 9.02. The van der Waals surface area contributed by atoms with Crippen LogP contribution < -0.4 is 0 Å². The van der Waals surface area contributed by atoms with Crippen LogP contribution in [0.5, 0.6) is 0 Å². The number of para-hydroxylation sites is 1. The van der Waals surface area contributed by atoms with Gasteiger partial charge in [-0.1, -0.05) is 18.2 Å². The van der Waals surface area contributed by atoms with Crippen molar-refractivity contribution < 1.29 is 13.3 Å². The molecule has 0 aliphatic rings. The molecule has 4 aromatic heterocycles. The quantitative estimate of drug-likeness (QED) is 0.375. The summed E-state index contributed by atoms with van der Waals surface area (Å²) < 4.78 is 17.0. The van der Waals surface area contributed by atoms with Crippen molar-refractivity contribution in [3.05, 3.63) is 77.9 Å². The molecule has 0 spiro atoms. The van der Waals surface area contributed by atoms with Crippen LogP contribution in [0.4, 0.5) is 5.88 Å². The van der Waals surface area contributed by atoms with E-state index in [1.165, 1.54) is 0 Å². The summed E-state index contributed by atoms with van der Waals surface area (Å²) in [5.74, 6) is 1.62. The number of aromatic amines is 1. The van der Waals surface area contributed by atoms with Crippen LogP contribution >= 0.6 is 0 Å². The maximum atomic E-state index is 9.83. The minimum Gasteiger partial charge on any atom is -0.464 e. The molecule has 0 atom stereocenters. The lowest BCUT2D eigenvalue weighted by atomic mass is 10.1. The van der Waals surface area contributed by atoms with E-state index < -0.39 is 0 Å². The molecule has 6 heteroatoms. The fourth-order valence-electron chi connectivity index (χ4n) is 3.44. The molecule has 4 heterocycles. The van der Waals surface area contributed by atoms with Crippen molar-refractivity contribution in [1.29, 1.82) is 5.26 Å². The fourth-order valence-corrected chi connectivity index (χ4v) is 3.44. The molecule has 6 nitrogen and oxygen atoms in total. The van der Waals surface area contributed by atoms with Crippen LogP contribution in [-0.4, -0.2) is 11.2 Å². The van der Waals surface area contributed by atoms with Crippen LogP contribution in [0.2, 0.25) is 0 Å². The number of hydrogen-bond donors (Lipinski definition) is 1. The Morgan fingerprint density at radius 2 is 1.76 bits per heavy atom. The number of fused-ring (bicyclic) bond motifs is 1. The first-order chi connectivity index (χ1) is 14.3. The second-order valence-corrected chi connectivity index (χ2v) is 6.52. The molecule has 0 saturated heterocycles. The van der Waals surface area contributed by atoms with Crippen LogP contribution in [0.1, 0.15) is 16.8 Å². The molecule has 0 unspecified atom stereocenters. The Bertz CT molecular complexity index is 1360. The van der Waals surface area contributed by atoms with E-state index in [0.717, 1.165) is 22.2 Å². The van der Waals surface area contributed by atoms with Gasteiger partial charge in [0.15, 0.2) is 11.5 Å². The maximum Gasteiger partial charge on any atom is 0.238 e. The average molecular weight is 381 g/mol. The van der Waals surface area contributed by atoms with Crippen molar-refractivity contribution >= 4 is 23.0 Å². The normalized spacial score (nSPS) is 11.4. The molecule has 5 rings (SSSR count). The molecule has 0 aliphatic heterocycles. The SMILES string of the molecule is Cc1[nH]c2ccccc2c1/C=N/c1oc(-c2ccco2)c(-c2ccco2)c1C#N. The highest BCUT2D eigenvalue weighted by Gasteiger charge is 2.26. The van der Waals surface area contributed by atoms with Crippen molar-refractivity contribution in [1.82, 2.24) is 4.98 Å². The first-order valence-electron chi connectivity index (χ1n) is 9.02. The van der Waals surface area contributed by atoms with Gasteiger partial charge in [-0.2, -0.15) is 5.26 Å². The Balaban J connectivity index is 1.68. The molecule has 1 N–H and O–H groups in total. The summed E-state index contributed by atoms with van der Waals surface area (Å²) in [7, 11) is 0. The van der Waals surface area contributed by atoms with Crippen molar-refractivity contribution in [2.24, 2.45) is 4.99 Å². The van der Waals surface area contributed by atoms with Crippen LogP contribution in [-0.2, 0) is 0 Å². The highest BCUT2D eigenvalue weighted by atomic mass is 16.4. The molecular weight excluding hydrogens is 366 g/mol. The van der Waals surface area contributed by atoms with Gasteiger partial charge in [-0.15, -0.1) is 0 Å². The second kappa shape index (κ2) is 6.73. The molecule has 140 valence electrons. The molecule has 0 bridgehead atoms. The summed E-state index contributed by atoms with van der Waals surface area (Å²) in [6, 6.07) is 17.2. The molecule has 0 aliphatic carbocycles. The van der Waals surface area contributed by atoms with Gasteiger partial charge >= 0.3 is 0 Å². The minimum atomic E-state index is 0.204. The van der Waals surface area contributed by atoms with E-state index in [2.05, 4.69) is 16.0 Å². The molecule has 5 aromatic rings.